The number of nitrogens with zero attached hydrogens (tertiary/aromatic N) is 2. The average Bonchev–Trinajstić information content (AvgIpc) is 2.48. The third kappa shape index (κ3) is 2.40. The number of nitrogens with one attached hydrogen (secondary N) is 1. The molecule has 2 aromatic rings. The van der Waals surface area contributed by atoms with Gasteiger partial charge in [-0.15, -0.1) is 10.2 Å². The van der Waals surface area contributed by atoms with Gasteiger partial charge in [0.1, 0.15) is 11.6 Å². The summed E-state index contributed by atoms with van der Waals surface area (Å²) in [4.78, 5) is 10.7. The zero-order chi connectivity index (χ0) is 13.9. The Hall–Kier alpha value is -2.63. The summed E-state index contributed by atoms with van der Waals surface area (Å²) in [6.07, 6.45) is 0.819. The van der Waals surface area contributed by atoms with Crippen molar-refractivity contribution < 1.29 is 14.6 Å². The van der Waals surface area contributed by atoms with Crippen LogP contribution < -0.4 is 10.1 Å². The Morgan fingerprint density at radius 1 is 1.25 bits per heavy atom. The van der Waals surface area contributed by atoms with Crippen molar-refractivity contribution in [1.29, 1.82) is 0 Å². The second-order valence-corrected chi connectivity index (χ2v) is 4.48. The highest BCUT2D eigenvalue weighted by Gasteiger charge is 2.21. The first-order valence-electron chi connectivity index (χ1n) is 6.29. The summed E-state index contributed by atoms with van der Waals surface area (Å²) in [5, 5.41) is 19.6. The fourth-order valence-corrected chi connectivity index (χ4v) is 2.19. The van der Waals surface area contributed by atoms with Crippen LogP contribution in [0.1, 0.15) is 28.5 Å². The number of ether oxygens (including phenoxy) is 1. The van der Waals surface area contributed by atoms with Gasteiger partial charge < -0.3 is 15.2 Å². The van der Waals surface area contributed by atoms with E-state index in [4.69, 9.17) is 9.84 Å². The lowest BCUT2D eigenvalue weighted by Crippen LogP contribution is -2.21. The van der Waals surface area contributed by atoms with E-state index in [9.17, 15) is 4.79 Å². The van der Waals surface area contributed by atoms with Gasteiger partial charge in [0.2, 0.25) is 0 Å². The second kappa shape index (κ2) is 5.16. The highest BCUT2D eigenvalue weighted by Crippen LogP contribution is 2.33. The number of fused-ring (bicyclic) bond motifs is 1. The van der Waals surface area contributed by atoms with Crippen LogP contribution >= 0.6 is 0 Å². The van der Waals surface area contributed by atoms with E-state index in [0.29, 0.717) is 12.4 Å². The first kappa shape index (κ1) is 12.4. The Labute approximate surface area is 115 Å². The predicted molar refractivity (Wildman–Crippen MR) is 71.9 cm³/mol. The zero-order valence-electron chi connectivity index (χ0n) is 10.6. The number of aromatic carboxylic acids is 1. The summed E-state index contributed by atoms with van der Waals surface area (Å²) < 4.78 is 5.59. The van der Waals surface area contributed by atoms with Gasteiger partial charge >= 0.3 is 5.97 Å². The number of rotatable bonds is 3. The minimum atomic E-state index is -1.08. The molecule has 0 spiro atoms. The van der Waals surface area contributed by atoms with Gasteiger partial charge in [0.05, 0.1) is 12.6 Å². The topological polar surface area (TPSA) is 84.3 Å². The molecule has 2 N–H and O–H groups in total. The SMILES string of the molecule is O=C(O)c1ccc(NC2CCOc3ccccc32)nn1. The molecule has 1 aliphatic heterocycles. The van der Waals surface area contributed by atoms with Crippen LogP contribution in [0.5, 0.6) is 5.75 Å². The lowest BCUT2D eigenvalue weighted by Gasteiger charge is -2.26. The van der Waals surface area contributed by atoms with Crippen molar-refractivity contribution in [2.75, 3.05) is 11.9 Å². The quantitative estimate of drug-likeness (QED) is 0.889. The molecular formula is C14H13N3O3. The Bertz CT molecular complexity index is 628. The molecule has 102 valence electrons. The van der Waals surface area contributed by atoms with E-state index in [-0.39, 0.29) is 11.7 Å². The minimum Gasteiger partial charge on any atom is -0.493 e. The molecule has 1 aromatic carbocycles. The van der Waals surface area contributed by atoms with Crippen molar-refractivity contribution in [3.63, 3.8) is 0 Å². The monoisotopic (exact) mass is 271 g/mol. The number of para-hydroxylation sites is 1. The fourth-order valence-electron chi connectivity index (χ4n) is 2.19. The molecule has 6 heteroatoms. The third-order valence-corrected chi connectivity index (χ3v) is 3.16. The average molecular weight is 271 g/mol. The van der Waals surface area contributed by atoms with Crippen molar-refractivity contribution >= 4 is 11.8 Å². The molecule has 3 rings (SSSR count). The molecule has 1 unspecified atom stereocenters. The predicted octanol–water partition coefficient (Wildman–Crippen LogP) is 2.11. The van der Waals surface area contributed by atoms with E-state index in [1.807, 2.05) is 24.3 Å². The van der Waals surface area contributed by atoms with E-state index in [0.717, 1.165) is 17.7 Å². The van der Waals surface area contributed by atoms with Gasteiger partial charge in [0, 0.05) is 12.0 Å². The maximum atomic E-state index is 10.7. The third-order valence-electron chi connectivity index (χ3n) is 3.16. The first-order valence-corrected chi connectivity index (χ1v) is 6.29. The number of carboxylic acids is 1. The number of benzene rings is 1. The second-order valence-electron chi connectivity index (χ2n) is 4.48. The lowest BCUT2D eigenvalue weighted by molar-refractivity contribution is 0.0689. The first-order chi connectivity index (χ1) is 9.74. The van der Waals surface area contributed by atoms with Crippen molar-refractivity contribution in [2.24, 2.45) is 0 Å². The van der Waals surface area contributed by atoms with Crippen LogP contribution in [0.15, 0.2) is 36.4 Å². The van der Waals surface area contributed by atoms with Crippen LogP contribution in [-0.4, -0.2) is 27.9 Å². The molecule has 0 radical (unpaired) electrons. The molecule has 1 aliphatic rings. The summed E-state index contributed by atoms with van der Waals surface area (Å²) in [5.41, 5.74) is 1.01. The highest BCUT2D eigenvalue weighted by molar-refractivity contribution is 5.85. The van der Waals surface area contributed by atoms with Gasteiger partial charge in [-0.1, -0.05) is 18.2 Å². The van der Waals surface area contributed by atoms with Crippen molar-refractivity contribution in [3.05, 3.63) is 47.7 Å². The molecule has 2 heterocycles. The molecule has 0 saturated heterocycles. The summed E-state index contributed by atoms with van der Waals surface area (Å²) in [5.74, 6) is 0.337. The Kier molecular flexibility index (Phi) is 3.20. The number of carboxylic acid groups (broad SMARTS) is 1. The molecule has 0 aliphatic carbocycles. The Balaban J connectivity index is 1.80. The normalized spacial score (nSPS) is 16.9. The van der Waals surface area contributed by atoms with Gasteiger partial charge in [0.15, 0.2) is 5.69 Å². The maximum absolute atomic E-state index is 10.7. The van der Waals surface area contributed by atoms with Crippen molar-refractivity contribution in [1.82, 2.24) is 10.2 Å². The molecule has 0 fully saturated rings. The maximum Gasteiger partial charge on any atom is 0.356 e. The van der Waals surface area contributed by atoms with E-state index in [1.165, 1.54) is 6.07 Å². The van der Waals surface area contributed by atoms with Crippen LogP contribution in [0.2, 0.25) is 0 Å². The van der Waals surface area contributed by atoms with Crippen LogP contribution in [0, 0.1) is 0 Å². The molecule has 6 nitrogen and oxygen atoms in total. The fraction of sp³-hybridized carbons (Fsp3) is 0.214. The smallest absolute Gasteiger partial charge is 0.356 e. The number of anilines is 1. The van der Waals surface area contributed by atoms with E-state index in [1.54, 1.807) is 6.07 Å². The number of hydrogen-bond acceptors (Lipinski definition) is 5. The molecule has 0 amide bonds. The number of aromatic nitrogens is 2. The van der Waals surface area contributed by atoms with E-state index >= 15 is 0 Å². The van der Waals surface area contributed by atoms with Crippen LogP contribution in [0.4, 0.5) is 5.82 Å². The van der Waals surface area contributed by atoms with Crippen molar-refractivity contribution in [3.8, 4) is 5.75 Å². The van der Waals surface area contributed by atoms with Gasteiger partial charge in [0.25, 0.3) is 0 Å². The van der Waals surface area contributed by atoms with Gasteiger partial charge in [-0.2, -0.15) is 0 Å². The zero-order valence-corrected chi connectivity index (χ0v) is 10.6. The number of carbonyl (C=O) groups is 1. The van der Waals surface area contributed by atoms with Gasteiger partial charge in [-0.05, 0) is 18.2 Å². The summed E-state index contributed by atoms with van der Waals surface area (Å²) in [7, 11) is 0. The summed E-state index contributed by atoms with van der Waals surface area (Å²) in [6.45, 7) is 0.634. The summed E-state index contributed by atoms with van der Waals surface area (Å²) >= 11 is 0. The molecule has 20 heavy (non-hydrogen) atoms. The lowest BCUT2D eigenvalue weighted by atomic mass is 10.0. The Morgan fingerprint density at radius 3 is 2.85 bits per heavy atom. The molecule has 1 atom stereocenters. The summed E-state index contributed by atoms with van der Waals surface area (Å²) in [6, 6.07) is 11.0. The van der Waals surface area contributed by atoms with Crippen LogP contribution in [-0.2, 0) is 0 Å². The standard InChI is InChI=1S/C14H13N3O3/c18-14(19)11-5-6-13(17-16-11)15-10-7-8-20-12-4-2-1-3-9(10)12/h1-6,10H,7-8H2,(H,15,17)(H,18,19). The Morgan fingerprint density at radius 2 is 2.10 bits per heavy atom. The van der Waals surface area contributed by atoms with Crippen LogP contribution in [0.3, 0.4) is 0 Å². The number of hydrogen-bond donors (Lipinski definition) is 2. The van der Waals surface area contributed by atoms with Crippen molar-refractivity contribution in [2.45, 2.75) is 12.5 Å². The molecule has 0 saturated carbocycles. The minimum absolute atomic E-state index is 0.0667. The molecular weight excluding hydrogens is 258 g/mol. The van der Waals surface area contributed by atoms with Gasteiger partial charge in [-0.25, -0.2) is 4.79 Å². The molecule has 0 bridgehead atoms. The van der Waals surface area contributed by atoms with E-state index < -0.39 is 5.97 Å². The van der Waals surface area contributed by atoms with E-state index in [2.05, 4.69) is 15.5 Å². The van der Waals surface area contributed by atoms with Crippen LogP contribution in [0.25, 0.3) is 0 Å². The highest BCUT2D eigenvalue weighted by atomic mass is 16.5. The molecule has 1 aromatic heterocycles. The van der Waals surface area contributed by atoms with Gasteiger partial charge in [-0.3, -0.25) is 0 Å². The largest absolute Gasteiger partial charge is 0.493 e.